The molecule has 1 aromatic heterocycles. The highest BCUT2D eigenvalue weighted by molar-refractivity contribution is 5.67. The van der Waals surface area contributed by atoms with Crippen LogP contribution in [0.4, 0.5) is 4.79 Å². The van der Waals surface area contributed by atoms with Crippen LogP contribution in [0.25, 0.3) is 0 Å². The van der Waals surface area contributed by atoms with Crippen molar-refractivity contribution in [2.45, 2.75) is 51.9 Å². The van der Waals surface area contributed by atoms with Gasteiger partial charge in [-0.2, -0.15) is 5.10 Å². The Labute approximate surface area is 155 Å². The smallest absolute Gasteiger partial charge is 0.407 e. The van der Waals surface area contributed by atoms with Crippen molar-refractivity contribution in [3.63, 3.8) is 0 Å². The maximum Gasteiger partial charge on any atom is 0.407 e. The van der Waals surface area contributed by atoms with Gasteiger partial charge in [0.25, 0.3) is 0 Å². The van der Waals surface area contributed by atoms with Crippen molar-refractivity contribution in [3.05, 3.63) is 53.9 Å². The van der Waals surface area contributed by atoms with Gasteiger partial charge in [-0.1, -0.05) is 30.3 Å². The summed E-state index contributed by atoms with van der Waals surface area (Å²) in [6.45, 7) is 9.03. The van der Waals surface area contributed by atoms with Crippen LogP contribution in [0.2, 0.25) is 0 Å². The van der Waals surface area contributed by atoms with E-state index in [0.717, 1.165) is 31.6 Å². The first-order valence-corrected chi connectivity index (χ1v) is 9.15. The standard InChI is InChI=1S/C20H28N4O2/c1-20(2,3)26-19(25)21-11-17-12-22-24(14-17)18-9-10-23(15-18)13-16-7-5-4-6-8-16/h4-8,12,14,18H,9-11,13,15H2,1-3H3,(H,21,25)/t18-/m1/s1. The van der Waals surface area contributed by atoms with E-state index in [4.69, 9.17) is 4.74 Å². The number of hydrogen-bond donors (Lipinski definition) is 1. The molecule has 26 heavy (non-hydrogen) atoms. The van der Waals surface area contributed by atoms with Crippen molar-refractivity contribution < 1.29 is 9.53 Å². The van der Waals surface area contributed by atoms with Crippen molar-refractivity contribution >= 4 is 6.09 Å². The number of benzene rings is 1. The number of likely N-dealkylation sites (tertiary alicyclic amines) is 1. The lowest BCUT2D eigenvalue weighted by molar-refractivity contribution is 0.0523. The van der Waals surface area contributed by atoms with Crippen LogP contribution in [0, 0.1) is 0 Å². The Balaban J connectivity index is 1.48. The Bertz CT molecular complexity index is 721. The molecule has 0 aliphatic carbocycles. The maximum absolute atomic E-state index is 11.7. The topological polar surface area (TPSA) is 59.4 Å². The summed E-state index contributed by atoms with van der Waals surface area (Å²) in [5.41, 5.74) is 1.84. The van der Waals surface area contributed by atoms with Gasteiger partial charge in [0.15, 0.2) is 0 Å². The molecule has 2 heterocycles. The van der Waals surface area contributed by atoms with Gasteiger partial charge in [0.05, 0.1) is 12.2 Å². The van der Waals surface area contributed by atoms with E-state index in [-0.39, 0.29) is 0 Å². The van der Waals surface area contributed by atoms with E-state index in [1.165, 1.54) is 5.56 Å². The molecule has 6 nitrogen and oxygen atoms in total. The summed E-state index contributed by atoms with van der Waals surface area (Å²) in [4.78, 5) is 14.2. The highest BCUT2D eigenvalue weighted by Crippen LogP contribution is 2.23. The molecule has 1 fully saturated rings. The first kappa shape index (κ1) is 18.5. The molecule has 0 radical (unpaired) electrons. The summed E-state index contributed by atoms with van der Waals surface area (Å²) >= 11 is 0. The summed E-state index contributed by atoms with van der Waals surface area (Å²) < 4.78 is 7.28. The highest BCUT2D eigenvalue weighted by Gasteiger charge is 2.24. The lowest BCUT2D eigenvalue weighted by Crippen LogP contribution is -2.32. The second-order valence-electron chi connectivity index (χ2n) is 7.85. The Hall–Kier alpha value is -2.34. The third-order valence-corrected chi connectivity index (χ3v) is 4.36. The number of alkyl carbamates (subject to hydrolysis) is 1. The van der Waals surface area contributed by atoms with E-state index >= 15 is 0 Å². The molecule has 1 aliphatic rings. The lowest BCUT2D eigenvalue weighted by atomic mass is 10.2. The predicted molar refractivity (Wildman–Crippen MR) is 101 cm³/mol. The van der Waals surface area contributed by atoms with E-state index in [0.29, 0.717) is 12.6 Å². The molecule has 1 amide bonds. The van der Waals surface area contributed by atoms with Crippen LogP contribution in [0.5, 0.6) is 0 Å². The van der Waals surface area contributed by atoms with E-state index in [2.05, 4.69) is 39.6 Å². The minimum absolute atomic E-state index is 0.383. The normalized spacial score (nSPS) is 18.0. The molecule has 1 aliphatic heterocycles. The number of nitrogens with one attached hydrogen (secondary N) is 1. The number of carbonyl (C=O) groups excluding carboxylic acids is 1. The Kier molecular flexibility index (Phi) is 5.61. The van der Waals surface area contributed by atoms with Gasteiger partial charge in [-0.25, -0.2) is 4.79 Å². The predicted octanol–water partition coefficient (Wildman–Crippen LogP) is 3.35. The number of nitrogens with zero attached hydrogens (tertiary/aromatic N) is 3. The molecule has 0 unspecified atom stereocenters. The zero-order chi connectivity index (χ0) is 18.6. The number of rotatable bonds is 5. The minimum Gasteiger partial charge on any atom is -0.444 e. The van der Waals surface area contributed by atoms with Gasteiger partial charge in [-0.05, 0) is 32.8 Å². The van der Waals surface area contributed by atoms with Crippen molar-refractivity contribution in [1.29, 1.82) is 0 Å². The number of aromatic nitrogens is 2. The van der Waals surface area contributed by atoms with Crippen LogP contribution in [-0.2, 0) is 17.8 Å². The van der Waals surface area contributed by atoms with E-state index < -0.39 is 11.7 Å². The molecule has 0 bridgehead atoms. The van der Waals surface area contributed by atoms with Crippen molar-refractivity contribution in [3.8, 4) is 0 Å². The number of ether oxygens (including phenoxy) is 1. The van der Waals surface area contributed by atoms with Crippen molar-refractivity contribution in [2.75, 3.05) is 13.1 Å². The second-order valence-corrected chi connectivity index (χ2v) is 7.85. The van der Waals surface area contributed by atoms with Gasteiger partial charge < -0.3 is 10.1 Å². The van der Waals surface area contributed by atoms with Gasteiger partial charge in [-0.15, -0.1) is 0 Å². The second kappa shape index (κ2) is 7.91. The summed E-state index contributed by atoms with van der Waals surface area (Å²) in [5.74, 6) is 0. The molecule has 3 rings (SSSR count). The Morgan fingerprint density at radius 2 is 2.04 bits per heavy atom. The molecule has 6 heteroatoms. The fourth-order valence-corrected chi connectivity index (χ4v) is 3.17. The van der Waals surface area contributed by atoms with E-state index in [1.807, 2.05) is 43.9 Å². The molecular weight excluding hydrogens is 328 g/mol. The van der Waals surface area contributed by atoms with E-state index in [9.17, 15) is 4.79 Å². The van der Waals surface area contributed by atoms with Gasteiger partial charge in [-0.3, -0.25) is 9.58 Å². The van der Waals surface area contributed by atoms with Gasteiger partial charge in [0.1, 0.15) is 5.60 Å². The molecule has 1 atom stereocenters. The summed E-state index contributed by atoms with van der Waals surface area (Å²) in [7, 11) is 0. The minimum atomic E-state index is -0.486. The Morgan fingerprint density at radius 3 is 2.77 bits per heavy atom. The third kappa shape index (κ3) is 5.33. The average molecular weight is 356 g/mol. The van der Waals surface area contributed by atoms with Crippen LogP contribution < -0.4 is 5.32 Å². The van der Waals surface area contributed by atoms with Crippen LogP contribution >= 0.6 is 0 Å². The first-order chi connectivity index (χ1) is 12.4. The van der Waals surface area contributed by atoms with Gasteiger partial charge >= 0.3 is 6.09 Å². The molecule has 2 aromatic rings. The molecule has 1 N–H and O–H groups in total. The zero-order valence-corrected chi connectivity index (χ0v) is 15.8. The quantitative estimate of drug-likeness (QED) is 0.892. The third-order valence-electron chi connectivity index (χ3n) is 4.36. The first-order valence-electron chi connectivity index (χ1n) is 9.15. The molecule has 1 aromatic carbocycles. The molecular formula is C20H28N4O2. The average Bonchev–Trinajstić information content (AvgIpc) is 3.21. The molecule has 0 spiro atoms. The molecule has 140 valence electrons. The highest BCUT2D eigenvalue weighted by atomic mass is 16.6. The summed E-state index contributed by atoms with van der Waals surface area (Å²) in [6.07, 6.45) is 4.53. The van der Waals surface area contributed by atoms with Crippen LogP contribution in [0.1, 0.15) is 44.4 Å². The van der Waals surface area contributed by atoms with Crippen LogP contribution in [0.3, 0.4) is 0 Å². The van der Waals surface area contributed by atoms with Crippen molar-refractivity contribution in [1.82, 2.24) is 20.0 Å². The fraction of sp³-hybridized carbons (Fsp3) is 0.500. The number of carbonyl (C=O) groups is 1. The number of hydrogen-bond acceptors (Lipinski definition) is 4. The SMILES string of the molecule is CC(C)(C)OC(=O)NCc1cnn([C@@H]2CCN(Cc3ccccc3)C2)c1. The van der Waals surface area contributed by atoms with E-state index in [1.54, 1.807) is 0 Å². The monoisotopic (exact) mass is 356 g/mol. The summed E-state index contributed by atoms with van der Waals surface area (Å²) in [5, 5.41) is 7.27. The van der Waals surface area contributed by atoms with Crippen molar-refractivity contribution in [2.24, 2.45) is 0 Å². The Morgan fingerprint density at radius 1 is 1.27 bits per heavy atom. The molecule has 0 saturated carbocycles. The fourth-order valence-electron chi connectivity index (χ4n) is 3.17. The molecule has 1 saturated heterocycles. The van der Waals surface area contributed by atoms with Crippen LogP contribution in [0.15, 0.2) is 42.7 Å². The van der Waals surface area contributed by atoms with Gasteiger partial charge in [0.2, 0.25) is 0 Å². The lowest BCUT2D eigenvalue weighted by Gasteiger charge is -2.19. The van der Waals surface area contributed by atoms with Gasteiger partial charge in [0, 0.05) is 37.9 Å². The van der Waals surface area contributed by atoms with Crippen LogP contribution in [-0.4, -0.2) is 39.5 Å². The largest absolute Gasteiger partial charge is 0.444 e. The zero-order valence-electron chi connectivity index (χ0n) is 15.8. The maximum atomic E-state index is 11.7. The summed E-state index contributed by atoms with van der Waals surface area (Å²) in [6, 6.07) is 10.9. The number of amides is 1.